The number of methoxy groups -OCH3 is 1. The monoisotopic (exact) mass is 198 g/mol. The first-order valence-corrected chi connectivity index (χ1v) is 5.25. The van der Waals surface area contributed by atoms with E-state index in [1.165, 1.54) is 0 Å². The lowest BCUT2D eigenvalue weighted by atomic mass is 10.0. The van der Waals surface area contributed by atoms with Gasteiger partial charge in [0.05, 0.1) is 0 Å². The number of amides is 1. The zero-order chi connectivity index (χ0) is 10.1. The first-order valence-electron chi connectivity index (χ1n) is 5.25. The predicted molar refractivity (Wildman–Crippen MR) is 52.9 cm³/mol. The Morgan fingerprint density at radius 3 is 3.07 bits per heavy atom. The van der Waals surface area contributed by atoms with E-state index in [4.69, 9.17) is 4.74 Å². The minimum Gasteiger partial charge on any atom is -0.375 e. The Morgan fingerprint density at radius 2 is 2.36 bits per heavy atom. The molecular formula is C10H18N2O2. The summed E-state index contributed by atoms with van der Waals surface area (Å²) >= 11 is 0. The first-order chi connectivity index (χ1) is 6.74. The molecule has 0 bridgehead atoms. The van der Waals surface area contributed by atoms with Crippen molar-refractivity contribution >= 4 is 5.91 Å². The summed E-state index contributed by atoms with van der Waals surface area (Å²) < 4.78 is 4.90. The highest BCUT2D eigenvalue weighted by Crippen LogP contribution is 2.31. The molecule has 0 radical (unpaired) electrons. The Hall–Kier alpha value is -0.610. The van der Waals surface area contributed by atoms with E-state index in [1.807, 2.05) is 4.90 Å². The van der Waals surface area contributed by atoms with Gasteiger partial charge in [-0.05, 0) is 19.3 Å². The van der Waals surface area contributed by atoms with E-state index in [0.29, 0.717) is 18.0 Å². The highest BCUT2D eigenvalue weighted by Gasteiger charge is 2.43. The summed E-state index contributed by atoms with van der Waals surface area (Å²) in [4.78, 5) is 13.8. The van der Waals surface area contributed by atoms with Crippen LogP contribution in [0, 0.1) is 5.92 Å². The van der Waals surface area contributed by atoms with Gasteiger partial charge in [-0.1, -0.05) is 0 Å². The molecule has 1 amide bonds. The van der Waals surface area contributed by atoms with E-state index in [9.17, 15) is 4.79 Å². The van der Waals surface area contributed by atoms with Crippen LogP contribution in [-0.2, 0) is 9.53 Å². The Labute approximate surface area is 84.6 Å². The second kappa shape index (κ2) is 3.87. The topological polar surface area (TPSA) is 41.6 Å². The minimum absolute atomic E-state index is 0.135. The van der Waals surface area contributed by atoms with Crippen LogP contribution >= 0.6 is 0 Å². The molecule has 4 nitrogen and oxygen atoms in total. The number of fused-ring (bicyclic) bond motifs is 1. The van der Waals surface area contributed by atoms with Gasteiger partial charge in [-0.3, -0.25) is 4.79 Å². The number of carbonyl (C=O) groups excluding carboxylic acids is 1. The number of ether oxygens (including phenoxy) is 1. The number of hydrogen-bond donors (Lipinski definition) is 1. The summed E-state index contributed by atoms with van der Waals surface area (Å²) in [7, 11) is 1.57. The minimum atomic E-state index is 0.135. The molecule has 80 valence electrons. The third kappa shape index (κ3) is 1.53. The van der Waals surface area contributed by atoms with Crippen molar-refractivity contribution in [3.05, 3.63) is 0 Å². The van der Waals surface area contributed by atoms with Crippen LogP contribution in [0.1, 0.15) is 13.3 Å². The number of nitrogens with one attached hydrogen (secondary N) is 1. The fraction of sp³-hybridized carbons (Fsp3) is 0.900. The molecule has 2 aliphatic rings. The highest BCUT2D eigenvalue weighted by atomic mass is 16.5. The summed E-state index contributed by atoms with van der Waals surface area (Å²) in [5, 5.41) is 3.34. The van der Waals surface area contributed by atoms with E-state index in [1.54, 1.807) is 7.11 Å². The molecule has 0 spiro atoms. The molecule has 0 aromatic carbocycles. The van der Waals surface area contributed by atoms with Crippen molar-refractivity contribution in [2.75, 3.05) is 26.8 Å². The summed E-state index contributed by atoms with van der Waals surface area (Å²) in [5.41, 5.74) is 0. The van der Waals surface area contributed by atoms with E-state index in [2.05, 4.69) is 12.2 Å². The normalized spacial score (nSPS) is 36.1. The molecule has 0 aliphatic carbocycles. The van der Waals surface area contributed by atoms with Crippen molar-refractivity contribution in [2.24, 2.45) is 5.92 Å². The van der Waals surface area contributed by atoms with E-state index in [0.717, 1.165) is 19.5 Å². The van der Waals surface area contributed by atoms with E-state index in [-0.39, 0.29) is 12.5 Å². The lowest BCUT2D eigenvalue weighted by Crippen LogP contribution is -2.44. The zero-order valence-corrected chi connectivity index (χ0v) is 8.82. The molecule has 2 saturated heterocycles. The van der Waals surface area contributed by atoms with Crippen molar-refractivity contribution in [1.29, 1.82) is 0 Å². The molecule has 0 aromatic rings. The summed E-state index contributed by atoms with van der Waals surface area (Å²) in [5.74, 6) is 0.794. The Kier molecular flexibility index (Phi) is 2.74. The maximum absolute atomic E-state index is 11.8. The van der Waals surface area contributed by atoms with Crippen LogP contribution in [0.3, 0.4) is 0 Å². The molecule has 2 rings (SSSR count). The van der Waals surface area contributed by atoms with Gasteiger partial charge in [0.2, 0.25) is 5.91 Å². The van der Waals surface area contributed by atoms with Gasteiger partial charge in [-0.25, -0.2) is 0 Å². The first kappa shape index (κ1) is 9.93. The number of carbonyl (C=O) groups is 1. The van der Waals surface area contributed by atoms with E-state index >= 15 is 0 Å². The molecule has 3 atom stereocenters. The van der Waals surface area contributed by atoms with Crippen molar-refractivity contribution < 1.29 is 9.53 Å². The molecular weight excluding hydrogens is 180 g/mol. The smallest absolute Gasteiger partial charge is 0.249 e. The molecule has 2 aliphatic heterocycles. The van der Waals surface area contributed by atoms with Gasteiger partial charge in [0.1, 0.15) is 6.61 Å². The average molecular weight is 198 g/mol. The molecule has 4 heteroatoms. The van der Waals surface area contributed by atoms with Crippen LogP contribution in [0.2, 0.25) is 0 Å². The second-order valence-electron chi connectivity index (χ2n) is 4.30. The van der Waals surface area contributed by atoms with Gasteiger partial charge in [0.25, 0.3) is 0 Å². The lowest BCUT2D eigenvalue weighted by Gasteiger charge is -2.27. The highest BCUT2D eigenvalue weighted by molar-refractivity contribution is 5.78. The number of hydrogen-bond acceptors (Lipinski definition) is 3. The molecule has 14 heavy (non-hydrogen) atoms. The molecule has 0 saturated carbocycles. The van der Waals surface area contributed by atoms with Crippen LogP contribution in [0.15, 0.2) is 0 Å². The largest absolute Gasteiger partial charge is 0.375 e. The van der Waals surface area contributed by atoms with Crippen molar-refractivity contribution in [1.82, 2.24) is 10.2 Å². The van der Waals surface area contributed by atoms with Crippen molar-refractivity contribution in [2.45, 2.75) is 25.4 Å². The molecule has 1 N–H and O–H groups in total. The fourth-order valence-corrected chi connectivity index (χ4v) is 2.79. The van der Waals surface area contributed by atoms with Gasteiger partial charge < -0.3 is 15.0 Å². The van der Waals surface area contributed by atoms with Gasteiger partial charge in [0.15, 0.2) is 0 Å². The van der Waals surface area contributed by atoms with Gasteiger partial charge >= 0.3 is 0 Å². The Balaban J connectivity index is 2.05. The summed E-state index contributed by atoms with van der Waals surface area (Å²) in [6.07, 6.45) is 1.13. The molecule has 3 unspecified atom stereocenters. The van der Waals surface area contributed by atoms with Gasteiger partial charge in [-0.2, -0.15) is 0 Å². The fourth-order valence-electron chi connectivity index (χ4n) is 2.79. The third-order valence-corrected chi connectivity index (χ3v) is 3.34. The van der Waals surface area contributed by atoms with Crippen LogP contribution in [-0.4, -0.2) is 49.7 Å². The standard InChI is InChI=1S/C10H18N2O2/c1-7-3-8-4-11-5-9(8)12(7)10(13)6-14-2/h7-9,11H,3-6H2,1-2H3. The Bertz CT molecular complexity index is 232. The Morgan fingerprint density at radius 1 is 1.57 bits per heavy atom. The van der Waals surface area contributed by atoms with Crippen molar-refractivity contribution in [3.8, 4) is 0 Å². The van der Waals surface area contributed by atoms with Gasteiger partial charge in [-0.15, -0.1) is 0 Å². The second-order valence-corrected chi connectivity index (χ2v) is 4.30. The van der Waals surface area contributed by atoms with Crippen molar-refractivity contribution in [3.63, 3.8) is 0 Å². The lowest BCUT2D eigenvalue weighted by molar-refractivity contribution is -0.137. The van der Waals surface area contributed by atoms with Crippen LogP contribution in [0.4, 0.5) is 0 Å². The number of rotatable bonds is 2. The SMILES string of the molecule is COCC(=O)N1C(C)CC2CNCC21. The van der Waals surface area contributed by atoms with Gasteiger partial charge in [0, 0.05) is 32.3 Å². The number of nitrogens with zero attached hydrogens (tertiary/aromatic N) is 1. The van der Waals surface area contributed by atoms with E-state index < -0.39 is 0 Å². The third-order valence-electron chi connectivity index (χ3n) is 3.34. The van der Waals surface area contributed by atoms with Crippen LogP contribution in [0.5, 0.6) is 0 Å². The molecule has 2 heterocycles. The molecule has 2 fully saturated rings. The quantitative estimate of drug-likeness (QED) is 0.670. The zero-order valence-electron chi connectivity index (χ0n) is 8.82. The predicted octanol–water partition coefficient (Wildman–Crippen LogP) is -0.158. The average Bonchev–Trinajstić information content (AvgIpc) is 2.63. The van der Waals surface area contributed by atoms with Crippen LogP contribution < -0.4 is 5.32 Å². The van der Waals surface area contributed by atoms with Crippen LogP contribution in [0.25, 0.3) is 0 Å². The summed E-state index contributed by atoms with van der Waals surface area (Å²) in [6.45, 7) is 4.36. The maximum atomic E-state index is 11.8. The number of likely N-dealkylation sites (tertiary alicyclic amines) is 1. The molecule has 0 aromatic heterocycles. The summed E-state index contributed by atoms with van der Waals surface area (Å²) in [6, 6.07) is 0.794. The maximum Gasteiger partial charge on any atom is 0.249 e.